The molecule has 0 fully saturated rings. The monoisotopic (exact) mass is 381 g/mol. The fraction of sp³-hybridized carbons (Fsp3) is 0.0667. The van der Waals surface area contributed by atoms with E-state index in [0.717, 1.165) is 11.3 Å². The normalized spacial score (nSPS) is 15.4. The number of ether oxygens (including phenoxy) is 1. The lowest BCUT2D eigenvalue weighted by molar-refractivity contribution is -0.129. The molecule has 24 heavy (non-hydrogen) atoms. The number of aromatic nitrogens is 1. The summed E-state index contributed by atoms with van der Waals surface area (Å²) in [5, 5.41) is 2.85. The maximum absolute atomic E-state index is 11.9. The summed E-state index contributed by atoms with van der Waals surface area (Å²) >= 11 is 12.8. The van der Waals surface area contributed by atoms with Crippen molar-refractivity contribution in [2.24, 2.45) is 4.99 Å². The highest BCUT2D eigenvalue weighted by Gasteiger charge is 2.25. The van der Waals surface area contributed by atoms with E-state index >= 15 is 0 Å². The Labute approximate surface area is 150 Å². The van der Waals surface area contributed by atoms with E-state index in [9.17, 15) is 9.59 Å². The lowest BCUT2D eigenvalue weighted by Crippen LogP contribution is -2.07. The van der Waals surface area contributed by atoms with Crippen LogP contribution in [0.4, 0.5) is 5.69 Å². The van der Waals surface area contributed by atoms with Crippen LogP contribution in [0.2, 0.25) is 9.62 Å². The number of nitrogens with one attached hydrogen (secondary N) is 1. The lowest BCUT2D eigenvalue weighted by atomic mass is 10.2. The number of halogens is 2. The minimum absolute atomic E-state index is 0.109. The summed E-state index contributed by atoms with van der Waals surface area (Å²) in [7, 11) is 0. The molecule has 0 spiro atoms. The van der Waals surface area contributed by atoms with E-state index in [-0.39, 0.29) is 27.1 Å². The Bertz CT molecular complexity index is 888. The van der Waals surface area contributed by atoms with Gasteiger partial charge in [-0.15, -0.1) is 11.3 Å². The van der Waals surface area contributed by atoms with Crippen LogP contribution in [-0.2, 0) is 14.3 Å². The Hall–Kier alpha value is -2.22. The molecule has 1 aromatic heterocycles. The van der Waals surface area contributed by atoms with Gasteiger partial charge >= 0.3 is 5.97 Å². The minimum atomic E-state index is -0.587. The molecule has 1 N–H and O–H groups in total. The standard InChI is InChI=1S/C15H9Cl2N3O3S/c1-7(21)18-9-4-2-8(3-5-9)13-19-10(14(22)23-13)6-11-12(16)20-15(17)24-11/h2-6H,1H3,(H,18,21). The number of carbonyl (C=O) groups excluding carboxylic acids is 2. The van der Waals surface area contributed by atoms with Gasteiger partial charge in [0, 0.05) is 18.2 Å². The average Bonchev–Trinajstić information content (AvgIpc) is 3.02. The first kappa shape index (κ1) is 16.6. The predicted molar refractivity (Wildman–Crippen MR) is 93.5 cm³/mol. The Morgan fingerprint density at radius 1 is 1.29 bits per heavy atom. The zero-order valence-electron chi connectivity index (χ0n) is 12.2. The predicted octanol–water partition coefficient (Wildman–Crippen LogP) is 3.75. The Morgan fingerprint density at radius 3 is 2.58 bits per heavy atom. The number of amides is 1. The second-order valence-electron chi connectivity index (χ2n) is 4.72. The van der Waals surface area contributed by atoms with Gasteiger partial charge in [-0.1, -0.05) is 23.2 Å². The summed E-state index contributed by atoms with van der Waals surface area (Å²) in [6.45, 7) is 1.42. The number of hydrogen-bond donors (Lipinski definition) is 1. The van der Waals surface area contributed by atoms with Gasteiger partial charge in [0.15, 0.2) is 10.2 Å². The average molecular weight is 382 g/mol. The van der Waals surface area contributed by atoms with Crippen molar-refractivity contribution < 1.29 is 14.3 Å². The van der Waals surface area contributed by atoms with Crippen molar-refractivity contribution in [2.75, 3.05) is 5.32 Å². The fourth-order valence-electron chi connectivity index (χ4n) is 1.93. The third-order valence-electron chi connectivity index (χ3n) is 2.92. The van der Waals surface area contributed by atoms with Gasteiger partial charge in [0.1, 0.15) is 5.15 Å². The highest BCUT2D eigenvalue weighted by atomic mass is 35.5. The molecule has 9 heteroatoms. The van der Waals surface area contributed by atoms with Crippen LogP contribution < -0.4 is 5.32 Å². The molecule has 2 aromatic rings. The van der Waals surface area contributed by atoms with Crippen molar-refractivity contribution in [2.45, 2.75) is 6.92 Å². The zero-order chi connectivity index (χ0) is 17.3. The minimum Gasteiger partial charge on any atom is -0.402 e. The zero-order valence-corrected chi connectivity index (χ0v) is 14.5. The quantitative estimate of drug-likeness (QED) is 0.648. The summed E-state index contributed by atoms with van der Waals surface area (Å²) < 4.78 is 5.44. The van der Waals surface area contributed by atoms with Gasteiger partial charge in [-0.05, 0) is 30.3 Å². The van der Waals surface area contributed by atoms with Crippen molar-refractivity contribution in [1.82, 2.24) is 4.98 Å². The van der Waals surface area contributed by atoms with Crippen molar-refractivity contribution in [1.29, 1.82) is 0 Å². The van der Waals surface area contributed by atoms with Crippen LogP contribution in [0.15, 0.2) is 35.0 Å². The van der Waals surface area contributed by atoms with Crippen molar-refractivity contribution in [3.8, 4) is 0 Å². The van der Waals surface area contributed by atoms with Crippen LogP contribution in [-0.4, -0.2) is 22.8 Å². The highest BCUT2D eigenvalue weighted by molar-refractivity contribution is 7.17. The smallest absolute Gasteiger partial charge is 0.363 e. The van der Waals surface area contributed by atoms with E-state index < -0.39 is 5.97 Å². The summed E-state index contributed by atoms with van der Waals surface area (Å²) in [6.07, 6.45) is 1.48. The van der Waals surface area contributed by atoms with Crippen LogP contribution in [0, 0.1) is 0 Å². The molecular weight excluding hydrogens is 373 g/mol. The molecule has 0 atom stereocenters. The SMILES string of the molecule is CC(=O)Nc1ccc(C2=NC(=Cc3sc(Cl)nc3Cl)C(=O)O2)cc1. The molecule has 3 rings (SSSR count). The van der Waals surface area contributed by atoms with Crippen molar-refractivity contribution in [3.63, 3.8) is 0 Å². The summed E-state index contributed by atoms with van der Waals surface area (Å²) in [4.78, 5) is 31.5. The summed E-state index contributed by atoms with van der Waals surface area (Å²) in [5.41, 5.74) is 1.35. The van der Waals surface area contributed by atoms with Crippen molar-refractivity contribution >= 4 is 64.1 Å². The number of thiazole rings is 1. The lowest BCUT2D eigenvalue weighted by Gasteiger charge is -2.03. The molecular formula is C15H9Cl2N3O3S. The number of anilines is 1. The fourth-order valence-corrected chi connectivity index (χ4v) is 3.23. The molecule has 6 nitrogen and oxygen atoms in total. The van der Waals surface area contributed by atoms with Gasteiger partial charge in [-0.3, -0.25) is 4.79 Å². The van der Waals surface area contributed by atoms with Crippen LogP contribution >= 0.6 is 34.5 Å². The van der Waals surface area contributed by atoms with Crippen molar-refractivity contribution in [3.05, 3.63) is 50.0 Å². The summed E-state index contributed by atoms with van der Waals surface area (Å²) in [5.74, 6) is -0.582. The second kappa shape index (κ2) is 6.72. The number of hydrogen-bond acceptors (Lipinski definition) is 6. The van der Waals surface area contributed by atoms with E-state index in [1.54, 1.807) is 24.3 Å². The van der Waals surface area contributed by atoms with Crippen LogP contribution in [0.1, 0.15) is 17.4 Å². The Kier molecular flexibility index (Phi) is 4.66. The summed E-state index contributed by atoms with van der Waals surface area (Å²) in [6, 6.07) is 6.76. The molecule has 1 aliphatic rings. The van der Waals surface area contributed by atoms with Gasteiger partial charge in [0.05, 0.1) is 4.88 Å². The maximum atomic E-state index is 11.9. The maximum Gasteiger partial charge on any atom is 0.363 e. The molecule has 0 radical (unpaired) electrons. The first-order valence-electron chi connectivity index (χ1n) is 6.65. The number of aliphatic imine (C=N–C) groups is 1. The third kappa shape index (κ3) is 3.64. The van der Waals surface area contributed by atoms with Gasteiger partial charge in [0.2, 0.25) is 11.8 Å². The number of carbonyl (C=O) groups is 2. The number of rotatable bonds is 3. The molecule has 0 saturated heterocycles. The molecule has 0 saturated carbocycles. The molecule has 0 bridgehead atoms. The van der Waals surface area contributed by atoms with Gasteiger partial charge in [0.25, 0.3) is 0 Å². The molecule has 1 amide bonds. The molecule has 2 heterocycles. The topological polar surface area (TPSA) is 80.7 Å². The third-order valence-corrected chi connectivity index (χ3v) is 4.43. The number of benzene rings is 1. The van der Waals surface area contributed by atoms with E-state index in [4.69, 9.17) is 27.9 Å². The molecule has 1 aromatic carbocycles. The Balaban J connectivity index is 1.86. The van der Waals surface area contributed by atoms with Crippen LogP contribution in [0.3, 0.4) is 0 Å². The second-order valence-corrected chi connectivity index (χ2v) is 6.69. The number of esters is 1. The van der Waals surface area contributed by atoms with E-state index in [2.05, 4.69) is 15.3 Å². The van der Waals surface area contributed by atoms with E-state index in [0.29, 0.717) is 16.1 Å². The van der Waals surface area contributed by atoms with Gasteiger partial charge in [-0.25, -0.2) is 14.8 Å². The number of cyclic esters (lactones) is 1. The molecule has 0 aliphatic carbocycles. The Morgan fingerprint density at radius 2 is 2.00 bits per heavy atom. The van der Waals surface area contributed by atoms with Gasteiger partial charge in [-0.2, -0.15) is 0 Å². The first-order valence-corrected chi connectivity index (χ1v) is 8.22. The largest absolute Gasteiger partial charge is 0.402 e. The number of nitrogens with zero attached hydrogens (tertiary/aromatic N) is 2. The van der Waals surface area contributed by atoms with Crippen LogP contribution in [0.5, 0.6) is 0 Å². The van der Waals surface area contributed by atoms with E-state index in [1.165, 1.54) is 13.0 Å². The molecule has 0 unspecified atom stereocenters. The van der Waals surface area contributed by atoms with E-state index in [1.807, 2.05) is 0 Å². The highest BCUT2D eigenvalue weighted by Crippen LogP contribution is 2.30. The molecule has 1 aliphatic heterocycles. The van der Waals surface area contributed by atoms with Gasteiger partial charge < -0.3 is 10.1 Å². The molecule has 122 valence electrons. The van der Waals surface area contributed by atoms with Crippen LogP contribution in [0.25, 0.3) is 6.08 Å². The first-order chi connectivity index (χ1) is 11.4.